The Morgan fingerprint density at radius 3 is 2.68 bits per heavy atom. The van der Waals surface area contributed by atoms with Gasteiger partial charge in [-0.25, -0.2) is 0 Å². The van der Waals surface area contributed by atoms with Crippen molar-refractivity contribution in [3.63, 3.8) is 0 Å². The monoisotopic (exact) mass is 260 g/mol. The molecule has 1 aromatic rings. The van der Waals surface area contributed by atoms with Crippen LogP contribution >= 0.6 is 0 Å². The Hall–Kier alpha value is -2.06. The van der Waals surface area contributed by atoms with E-state index in [-0.39, 0.29) is 17.9 Å². The number of hydrogen-bond acceptors (Lipinski definition) is 4. The maximum Gasteiger partial charge on any atom is 0.241 e. The van der Waals surface area contributed by atoms with Crippen LogP contribution < -0.4 is 11.1 Å². The van der Waals surface area contributed by atoms with Crippen LogP contribution in [-0.4, -0.2) is 30.4 Å². The van der Waals surface area contributed by atoms with Crippen LogP contribution in [0.1, 0.15) is 13.8 Å². The normalized spacial score (nSPS) is 13.6. The highest BCUT2D eigenvalue weighted by Crippen LogP contribution is 2.17. The Kier molecular flexibility index (Phi) is 5.34. The van der Waals surface area contributed by atoms with Gasteiger partial charge in [-0.05, 0) is 33.0 Å². The second-order valence-corrected chi connectivity index (χ2v) is 4.72. The van der Waals surface area contributed by atoms with E-state index >= 15 is 0 Å². The molecule has 0 saturated carbocycles. The number of nitrogens with two attached hydrogens (primary N) is 1. The molecule has 5 heteroatoms. The van der Waals surface area contributed by atoms with Crippen molar-refractivity contribution >= 4 is 17.3 Å². The van der Waals surface area contributed by atoms with E-state index < -0.39 is 0 Å². The third kappa shape index (κ3) is 4.27. The van der Waals surface area contributed by atoms with Crippen LogP contribution in [-0.2, 0) is 4.79 Å². The lowest BCUT2D eigenvalue weighted by molar-refractivity contribution is -0.120. The van der Waals surface area contributed by atoms with E-state index in [0.29, 0.717) is 17.9 Å². The zero-order valence-electron chi connectivity index (χ0n) is 11.6. The number of nitrogen functional groups attached to an aromatic ring is 1. The number of benzene rings is 1. The van der Waals surface area contributed by atoms with Crippen LogP contribution in [0.15, 0.2) is 24.3 Å². The fourth-order valence-electron chi connectivity index (χ4n) is 1.68. The molecule has 0 aliphatic rings. The van der Waals surface area contributed by atoms with Gasteiger partial charge in [0.15, 0.2) is 0 Å². The van der Waals surface area contributed by atoms with Crippen LogP contribution in [0.25, 0.3) is 0 Å². The second kappa shape index (κ2) is 6.76. The molecule has 102 valence electrons. The quantitative estimate of drug-likeness (QED) is 0.789. The molecule has 2 atom stereocenters. The molecule has 0 saturated heterocycles. The molecule has 0 aromatic heterocycles. The summed E-state index contributed by atoms with van der Waals surface area (Å²) < 4.78 is 0. The molecule has 0 fully saturated rings. The van der Waals surface area contributed by atoms with E-state index in [1.54, 1.807) is 19.1 Å². The van der Waals surface area contributed by atoms with Crippen LogP contribution in [0.4, 0.5) is 11.4 Å². The average molecular weight is 260 g/mol. The first-order valence-corrected chi connectivity index (χ1v) is 6.21. The number of nitrogens with zero attached hydrogens (tertiary/aromatic N) is 2. The molecule has 5 nitrogen and oxygen atoms in total. The van der Waals surface area contributed by atoms with Gasteiger partial charge < -0.3 is 11.1 Å². The van der Waals surface area contributed by atoms with Gasteiger partial charge in [-0.15, -0.1) is 0 Å². The van der Waals surface area contributed by atoms with Gasteiger partial charge in [0.25, 0.3) is 0 Å². The van der Waals surface area contributed by atoms with Gasteiger partial charge in [0, 0.05) is 6.54 Å². The summed E-state index contributed by atoms with van der Waals surface area (Å²) in [5.74, 6) is -0.243. The smallest absolute Gasteiger partial charge is 0.241 e. The molecule has 3 N–H and O–H groups in total. The van der Waals surface area contributed by atoms with Crippen molar-refractivity contribution in [1.29, 1.82) is 5.26 Å². The summed E-state index contributed by atoms with van der Waals surface area (Å²) in [6.45, 7) is 4.18. The number of para-hydroxylation sites is 2. The molecule has 0 radical (unpaired) electrons. The summed E-state index contributed by atoms with van der Waals surface area (Å²) in [7, 11) is 1.83. The number of nitrogens with one attached hydrogen (secondary N) is 1. The van der Waals surface area contributed by atoms with Gasteiger partial charge in [0.05, 0.1) is 29.4 Å². The standard InChI is InChI=1S/C14H20N4O/c1-10(8-15)9-18(3)11(2)14(19)17-13-7-5-4-6-12(13)16/h4-7,10-11H,9,16H2,1-3H3,(H,17,19). The van der Waals surface area contributed by atoms with E-state index in [9.17, 15) is 4.79 Å². The molecular formula is C14H20N4O. The van der Waals surface area contributed by atoms with E-state index in [1.165, 1.54) is 0 Å². The lowest BCUT2D eigenvalue weighted by atomic mass is 10.1. The molecule has 1 amide bonds. The minimum absolute atomic E-state index is 0.109. The number of likely N-dealkylation sites (N-methyl/N-ethyl adjacent to an activating group) is 1. The minimum Gasteiger partial charge on any atom is -0.397 e. The predicted molar refractivity (Wildman–Crippen MR) is 76.4 cm³/mol. The first kappa shape index (κ1) is 15.0. The van der Waals surface area contributed by atoms with Crippen molar-refractivity contribution in [3.05, 3.63) is 24.3 Å². The van der Waals surface area contributed by atoms with Crippen LogP contribution in [0, 0.1) is 17.2 Å². The molecule has 0 bridgehead atoms. The Morgan fingerprint density at radius 1 is 1.47 bits per heavy atom. The van der Waals surface area contributed by atoms with Crippen molar-refractivity contribution in [2.45, 2.75) is 19.9 Å². The fraction of sp³-hybridized carbons (Fsp3) is 0.429. The maximum atomic E-state index is 12.1. The highest BCUT2D eigenvalue weighted by atomic mass is 16.2. The minimum atomic E-state index is -0.324. The molecule has 0 aliphatic carbocycles. The highest BCUT2D eigenvalue weighted by molar-refractivity contribution is 5.96. The average Bonchev–Trinajstić information content (AvgIpc) is 2.40. The molecule has 19 heavy (non-hydrogen) atoms. The van der Waals surface area contributed by atoms with Crippen molar-refractivity contribution in [2.24, 2.45) is 5.92 Å². The van der Waals surface area contributed by atoms with Gasteiger partial charge in [-0.1, -0.05) is 12.1 Å². The van der Waals surface area contributed by atoms with Gasteiger partial charge in [0.1, 0.15) is 0 Å². The van der Waals surface area contributed by atoms with Crippen molar-refractivity contribution in [1.82, 2.24) is 4.90 Å². The summed E-state index contributed by atoms with van der Waals surface area (Å²) in [6.07, 6.45) is 0. The summed E-state index contributed by atoms with van der Waals surface area (Å²) in [5.41, 5.74) is 6.93. The van der Waals surface area contributed by atoms with Crippen LogP contribution in [0.5, 0.6) is 0 Å². The summed E-state index contributed by atoms with van der Waals surface area (Å²) in [5, 5.41) is 11.6. The number of anilines is 2. The van der Waals surface area contributed by atoms with Crippen molar-refractivity contribution in [2.75, 3.05) is 24.6 Å². The molecule has 0 aliphatic heterocycles. The summed E-state index contributed by atoms with van der Waals surface area (Å²) in [6, 6.07) is 8.96. The molecule has 0 heterocycles. The zero-order chi connectivity index (χ0) is 14.4. The molecule has 1 rings (SSSR count). The topological polar surface area (TPSA) is 82.2 Å². The van der Waals surface area contributed by atoms with E-state index in [1.807, 2.05) is 31.0 Å². The third-order valence-corrected chi connectivity index (χ3v) is 3.04. The van der Waals surface area contributed by atoms with Crippen molar-refractivity contribution in [3.8, 4) is 6.07 Å². The highest BCUT2D eigenvalue weighted by Gasteiger charge is 2.20. The number of hydrogen-bond donors (Lipinski definition) is 2. The Labute approximate surface area is 114 Å². The van der Waals surface area contributed by atoms with Crippen LogP contribution in [0.3, 0.4) is 0 Å². The number of carbonyl (C=O) groups is 1. The number of rotatable bonds is 5. The third-order valence-electron chi connectivity index (χ3n) is 3.04. The maximum absolute atomic E-state index is 12.1. The van der Waals surface area contributed by atoms with Gasteiger partial charge >= 0.3 is 0 Å². The lowest BCUT2D eigenvalue weighted by Gasteiger charge is -2.24. The van der Waals surface area contributed by atoms with Gasteiger partial charge in [-0.2, -0.15) is 5.26 Å². The van der Waals surface area contributed by atoms with E-state index in [0.717, 1.165) is 0 Å². The Morgan fingerprint density at radius 2 is 2.11 bits per heavy atom. The summed E-state index contributed by atoms with van der Waals surface area (Å²) >= 11 is 0. The Bertz CT molecular complexity index is 481. The van der Waals surface area contributed by atoms with Gasteiger partial charge in [0.2, 0.25) is 5.91 Å². The van der Waals surface area contributed by atoms with Crippen molar-refractivity contribution < 1.29 is 4.79 Å². The molecular weight excluding hydrogens is 240 g/mol. The van der Waals surface area contributed by atoms with E-state index in [4.69, 9.17) is 11.0 Å². The first-order valence-electron chi connectivity index (χ1n) is 6.21. The molecule has 0 spiro atoms. The molecule has 1 aromatic carbocycles. The first-order chi connectivity index (χ1) is 8.95. The van der Waals surface area contributed by atoms with Crippen LogP contribution in [0.2, 0.25) is 0 Å². The lowest BCUT2D eigenvalue weighted by Crippen LogP contribution is -2.41. The zero-order valence-corrected chi connectivity index (χ0v) is 11.6. The fourth-order valence-corrected chi connectivity index (χ4v) is 1.68. The number of amides is 1. The predicted octanol–water partition coefficient (Wildman–Crippen LogP) is 1.69. The number of carbonyl (C=O) groups excluding carboxylic acids is 1. The molecule has 2 unspecified atom stereocenters. The second-order valence-electron chi connectivity index (χ2n) is 4.72. The number of nitriles is 1. The van der Waals surface area contributed by atoms with E-state index in [2.05, 4.69) is 11.4 Å². The van der Waals surface area contributed by atoms with Gasteiger partial charge in [-0.3, -0.25) is 9.69 Å². The SMILES string of the molecule is CC(C#N)CN(C)C(C)C(=O)Nc1ccccc1N. The Balaban J connectivity index is 2.63. The largest absolute Gasteiger partial charge is 0.397 e. The summed E-state index contributed by atoms with van der Waals surface area (Å²) in [4.78, 5) is 13.9.